The van der Waals surface area contributed by atoms with Crippen molar-refractivity contribution in [1.29, 1.82) is 0 Å². The van der Waals surface area contributed by atoms with E-state index in [0.29, 0.717) is 22.9 Å². The Morgan fingerprint density at radius 1 is 1.22 bits per heavy atom. The zero-order chi connectivity index (χ0) is 19.4. The predicted octanol–water partition coefficient (Wildman–Crippen LogP) is 4.29. The van der Waals surface area contributed by atoms with E-state index in [1.165, 1.54) is 12.1 Å². The van der Waals surface area contributed by atoms with E-state index in [4.69, 9.17) is 4.74 Å². The highest BCUT2D eigenvalue weighted by Crippen LogP contribution is 2.22. The molecule has 1 amide bonds. The Hall–Kier alpha value is -3.41. The molecular weight excluding hydrogens is 345 g/mol. The lowest BCUT2D eigenvalue weighted by molar-refractivity contribution is -0.111. The first-order valence-corrected chi connectivity index (χ1v) is 8.41. The van der Waals surface area contributed by atoms with Crippen molar-refractivity contribution in [2.75, 3.05) is 12.4 Å². The molecule has 27 heavy (non-hydrogen) atoms. The summed E-state index contributed by atoms with van der Waals surface area (Å²) in [5, 5.41) is 2.66. The molecular formula is C21H20FN3O2. The summed E-state index contributed by atoms with van der Waals surface area (Å²) in [6.07, 6.45) is 6.35. The molecule has 0 radical (unpaired) electrons. The Bertz CT molecular complexity index is 1010. The number of carbonyl (C=O) groups excluding carboxylic acids is 1. The van der Waals surface area contributed by atoms with Gasteiger partial charge in [0.15, 0.2) is 0 Å². The third-order valence-corrected chi connectivity index (χ3v) is 4.10. The standard InChI is InChI=1S/C21H20FN3O2/c1-14-4-8-20(27-3)16(12-14)5-9-21(26)24-17-6-7-19(18(22)13-17)25-11-10-23-15(25)2/h4-13H,1-3H3,(H,24,26)/b9-5+. The van der Waals surface area contributed by atoms with E-state index in [1.807, 2.05) is 25.1 Å². The molecule has 5 nitrogen and oxygen atoms in total. The molecule has 0 unspecified atom stereocenters. The van der Waals surface area contributed by atoms with Gasteiger partial charge in [-0.15, -0.1) is 0 Å². The maximum absolute atomic E-state index is 14.4. The van der Waals surface area contributed by atoms with Crippen LogP contribution in [-0.2, 0) is 4.79 Å². The minimum absolute atomic E-state index is 0.357. The monoisotopic (exact) mass is 365 g/mol. The van der Waals surface area contributed by atoms with Crippen molar-refractivity contribution in [1.82, 2.24) is 9.55 Å². The van der Waals surface area contributed by atoms with Crippen molar-refractivity contribution < 1.29 is 13.9 Å². The van der Waals surface area contributed by atoms with Gasteiger partial charge in [0.1, 0.15) is 17.4 Å². The molecule has 1 aromatic heterocycles. The first-order chi connectivity index (χ1) is 13.0. The number of imidazole rings is 1. The van der Waals surface area contributed by atoms with Crippen LogP contribution in [0.15, 0.2) is 54.9 Å². The highest BCUT2D eigenvalue weighted by Gasteiger charge is 2.09. The van der Waals surface area contributed by atoms with Gasteiger partial charge >= 0.3 is 0 Å². The van der Waals surface area contributed by atoms with Gasteiger partial charge in [0.25, 0.3) is 0 Å². The quantitative estimate of drug-likeness (QED) is 0.686. The van der Waals surface area contributed by atoms with E-state index in [-0.39, 0.29) is 5.91 Å². The number of hydrogen-bond donors (Lipinski definition) is 1. The molecule has 0 spiro atoms. The summed E-state index contributed by atoms with van der Waals surface area (Å²) in [4.78, 5) is 16.3. The fourth-order valence-electron chi connectivity index (χ4n) is 2.75. The van der Waals surface area contributed by atoms with E-state index in [2.05, 4.69) is 10.3 Å². The minimum atomic E-state index is -0.446. The molecule has 3 rings (SSSR count). The second-order valence-corrected chi connectivity index (χ2v) is 6.08. The smallest absolute Gasteiger partial charge is 0.248 e. The largest absolute Gasteiger partial charge is 0.496 e. The van der Waals surface area contributed by atoms with Crippen LogP contribution in [0.25, 0.3) is 11.8 Å². The second kappa shape index (κ2) is 7.86. The van der Waals surface area contributed by atoms with Crippen LogP contribution in [0, 0.1) is 19.7 Å². The molecule has 0 saturated heterocycles. The number of amides is 1. The van der Waals surface area contributed by atoms with Crippen LogP contribution in [0.2, 0.25) is 0 Å². The number of benzene rings is 2. The van der Waals surface area contributed by atoms with Crippen LogP contribution < -0.4 is 10.1 Å². The van der Waals surface area contributed by atoms with Crippen LogP contribution in [0.3, 0.4) is 0 Å². The van der Waals surface area contributed by atoms with Crippen LogP contribution >= 0.6 is 0 Å². The van der Waals surface area contributed by atoms with Crippen LogP contribution in [0.4, 0.5) is 10.1 Å². The van der Waals surface area contributed by atoms with Gasteiger partial charge in [0.05, 0.1) is 12.8 Å². The van der Waals surface area contributed by atoms with E-state index >= 15 is 0 Å². The highest BCUT2D eigenvalue weighted by atomic mass is 19.1. The van der Waals surface area contributed by atoms with Crippen molar-refractivity contribution in [2.45, 2.75) is 13.8 Å². The molecule has 2 aromatic carbocycles. The summed E-state index contributed by atoms with van der Waals surface area (Å²) in [5.74, 6) is 0.555. The Kier molecular flexibility index (Phi) is 5.35. The lowest BCUT2D eigenvalue weighted by Gasteiger charge is -2.09. The molecule has 6 heteroatoms. The highest BCUT2D eigenvalue weighted by molar-refractivity contribution is 6.02. The zero-order valence-electron chi connectivity index (χ0n) is 15.4. The second-order valence-electron chi connectivity index (χ2n) is 6.08. The van der Waals surface area contributed by atoms with Gasteiger partial charge in [-0.3, -0.25) is 4.79 Å². The fourth-order valence-corrected chi connectivity index (χ4v) is 2.75. The predicted molar refractivity (Wildman–Crippen MR) is 104 cm³/mol. The van der Waals surface area contributed by atoms with E-state index < -0.39 is 5.82 Å². The number of hydrogen-bond acceptors (Lipinski definition) is 3. The van der Waals surface area contributed by atoms with Crippen LogP contribution in [0.1, 0.15) is 17.0 Å². The van der Waals surface area contributed by atoms with E-state index in [0.717, 1.165) is 11.1 Å². The Labute approximate surface area is 157 Å². The normalized spacial score (nSPS) is 11.0. The van der Waals surface area contributed by atoms with E-state index in [9.17, 15) is 9.18 Å². The van der Waals surface area contributed by atoms with Gasteiger partial charge in [0.2, 0.25) is 5.91 Å². The molecule has 0 aliphatic heterocycles. The summed E-state index contributed by atoms with van der Waals surface area (Å²) in [5.41, 5.74) is 2.61. The summed E-state index contributed by atoms with van der Waals surface area (Å²) in [7, 11) is 1.58. The minimum Gasteiger partial charge on any atom is -0.496 e. The number of ether oxygens (including phenoxy) is 1. The van der Waals surface area contributed by atoms with Gasteiger partial charge in [-0.1, -0.05) is 11.6 Å². The molecule has 0 atom stereocenters. The molecule has 1 N–H and O–H groups in total. The fraction of sp³-hybridized carbons (Fsp3) is 0.143. The molecule has 0 aliphatic rings. The number of methoxy groups -OCH3 is 1. The van der Waals surface area contributed by atoms with Crippen molar-refractivity contribution in [2.24, 2.45) is 0 Å². The number of aromatic nitrogens is 2. The van der Waals surface area contributed by atoms with Gasteiger partial charge < -0.3 is 14.6 Å². The topological polar surface area (TPSA) is 56.1 Å². The summed E-state index contributed by atoms with van der Waals surface area (Å²) < 4.78 is 21.3. The number of nitrogens with one attached hydrogen (secondary N) is 1. The summed E-state index contributed by atoms with van der Waals surface area (Å²) in [6, 6.07) is 10.2. The average Bonchev–Trinajstić information content (AvgIpc) is 3.06. The molecule has 138 valence electrons. The number of aryl methyl sites for hydroxylation is 2. The SMILES string of the molecule is COc1ccc(C)cc1/C=C/C(=O)Nc1ccc(-n2ccnc2C)c(F)c1. The number of anilines is 1. The average molecular weight is 365 g/mol. The molecule has 0 bridgehead atoms. The summed E-state index contributed by atoms with van der Waals surface area (Å²) in [6.45, 7) is 3.75. The molecule has 0 fully saturated rings. The van der Waals surface area contributed by atoms with Crippen molar-refractivity contribution in [3.63, 3.8) is 0 Å². The van der Waals surface area contributed by atoms with Crippen molar-refractivity contribution in [3.8, 4) is 11.4 Å². The van der Waals surface area contributed by atoms with Crippen LogP contribution in [0.5, 0.6) is 5.75 Å². The number of carbonyl (C=O) groups is 1. The third kappa shape index (κ3) is 4.23. The van der Waals surface area contributed by atoms with E-state index in [1.54, 1.807) is 49.2 Å². The Morgan fingerprint density at radius 3 is 2.70 bits per heavy atom. The number of nitrogens with zero attached hydrogens (tertiary/aromatic N) is 2. The summed E-state index contributed by atoms with van der Waals surface area (Å²) >= 11 is 0. The lowest BCUT2D eigenvalue weighted by atomic mass is 10.1. The van der Waals surface area contributed by atoms with Gasteiger partial charge in [0, 0.05) is 29.7 Å². The van der Waals surface area contributed by atoms with Crippen LogP contribution in [-0.4, -0.2) is 22.6 Å². The number of halogens is 1. The number of rotatable bonds is 5. The maximum atomic E-state index is 14.4. The first kappa shape index (κ1) is 18.4. The maximum Gasteiger partial charge on any atom is 0.248 e. The van der Waals surface area contributed by atoms with Gasteiger partial charge in [-0.25, -0.2) is 9.37 Å². The molecule has 0 saturated carbocycles. The zero-order valence-corrected chi connectivity index (χ0v) is 15.4. The van der Waals surface area contributed by atoms with Gasteiger partial charge in [-0.05, 0) is 50.3 Å². The Balaban J connectivity index is 1.74. The van der Waals surface area contributed by atoms with Gasteiger partial charge in [-0.2, -0.15) is 0 Å². The first-order valence-electron chi connectivity index (χ1n) is 8.41. The van der Waals surface area contributed by atoms with Crippen molar-refractivity contribution >= 4 is 17.7 Å². The molecule has 3 aromatic rings. The van der Waals surface area contributed by atoms with Crippen molar-refractivity contribution in [3.05, 3.63) is 77.6 Å². The lowest BCUT2D eigenvalue weighted by Crippen LogP contribution is -2.09. The molecule has 0 aliphatic carbocycles. The molecule has 1 heterocycles. The third-order valence-electron chi connectivity index (χ3n) is 4.10. The Morgan fingerprint density at radius 2 is 2.04 bits per heavy atom.